The average molecular weight is 297 g/mol. The number of rotatable bonds is 3. The molecule has 66 valence electrons. The molecule has 0 aromatic rings. The Bertz CT molecular complexity index is 250. The SMILES string of the molecule is O=C1C=C(CC(Br)CBr)C(=O)N1. The maximum atomic E-state index is 11.0. The van der Waals surface area contributed by atoms with Gasteiger partial charge in [0.05, 0.1) is 0 Å². The van der Waals surface area contributed by atoms with Gasteiger partial charge < -0.3 is 0 Å². The highest BCUT2D eigenvalue weighted by Crippen LogP contribution is 2.17. The molecule has 1 unspecified atom stereocenters. The van der Waals surface area contributed by atoms with E-state index < -0.39 is 0 Å². The Balaban J connectivity index is 2.58. The minimum absolute atomic E-state index is 0.195. The van der Waals surface area contributed by atoms with Gasteiger partial charge in [0.1, 0.15) is 0 Å². The summed E-state index contributed by atoms with van der Waals surface area (Å²) in [7, 11) is 0. The van der Waals surface area contributed by atoms with E-state index >= 15 is 0 Å². The molecule has 0 aliphatic carbocycles. The molecular formula is C7H7Br2NO2. The van der Waals surface area contributed by atoms with Crippen LogP contribution >= 0.6 is 31.9 Å². The van der Waals surface area contributed by atoms with E-state index in [4.69, 9.17) is 0 Å². The summed E-state index contributed by atoms with van der Waals surface area (Å²) in [6.07, 6.45) is 1.92. The average Bonchev–Trinajstić information content (AvgIpc) is 2.30. The summed E-state index contributed by atoms with van der Waals surface area (Å²) < 4.78 is 0. The first-order valence-corrected chi connectivity index (χ1v) is 5.43. The molecule has 1 heterocycles. The largest absolute Gasteiger partial charge is 0.289 e. The highest BCUT2D eigenvalue weighted by atomic mass is 79.9. The van der Waals surface area contributed by atoms with Crippen LogP contribution in [0.1, 0.15) is 6.42 Å². The second-order valence-electron chi connectivity index (χ2n) is 2.44. The van der Waals surface area contributed by atoms with Crippen molar-refractivity contribution in [2.75, 3.05) is 5.33 Å². The maximum Gasteiger partial charge on any atom is 0.254 e. The lowest BCUT2D eigenvalue weighted by Gasteiger charge is -2.03. The minimum Gasteiger partial charge on any atom is -0.289 e. The summed E-state index contributed by atoms with van der Waals surface area (Å²) in [5.74, 6) is -0.588. The van der Waals surface area contributed by atoms with Gasteiger partial charge in [0, 0.05) is 21.8 Å². The molecule has 1 aliphatic rings. The first kappa shape index (κ1) is 9.92. The number of carbonyl (C=O) groups is 2. The van der Waals surface area contributed by atoms with E-state index in [0.717, 1.165) is 5.33 Å². The number of carbonyl (C=O) groups excluding carboxylic acids is 2. The number of hydrogen-bond donors (Lipinski definition) is 1. The van der Waals surface area contributed by atoms with Crippen LogP contribution in [-0.2, 0) is 9.59 Å². The molecule has 0 aromatic carbocycles. The van der Waals surface area contributed by atoms with E-state index in [2.05, 4.69) is 37.2 Å². The summed E-state index contributed by atoms with van der Waals surface area (Å²) in [5.41, 5.74) is 0.543. The zero-order chi connectivity index (χ0) is 9.14. The van der Waals surface area contributed by atoms with Crippen LogP contribution in [0.25, 0.3) is 0 Å². The number of imide groups is 1. The van der Waals surface area contributed by atoms with Gasteiger partial charge in [-0.3, -0.25) is 14.9 Å². The van der Waals surface area contributed by atoms with Crippen LogP contribution < -0.4 is 5.32 Å². The van der Waals surface area contributed by atoms with E-state index in [1.807, 2.05) is 0 Å². The normalized spacial score (nSPS) is 19.0. The van der Waals surface area contributed by atoms with Gasteiger partial charge >= 0.3 is 0 Å². The van der Waals surface area contributed by atoms with Crippen molar-refractivity contribution in [1.29, 1.82) is 0 Å². The third-order valence-corrected chi connectivity index (χ3v) is 3.74. The quantitative estimate of drug-likeness (QED) is 0.627. The molecule has 12 heavy (non-hydrogen) atoms. The molecule has 1 N–H and O–H groups in total. The molecule has 0 bridgehead atoms. The van der Waals surface area contributed by atoms with Crippen molar-refractivity contribution in [1.82, 2.24) is 5.32 Å². The number of hydrogen-bond acceptors (Lipinski definition) is 2. The molecule has 1 atom stereocenters. The third-order valence-electron chi connectivity index (χ3n) is 1.44. The Labute approximate surface area is 86.8 Å². The molecule has 2 amide bonds. The number of halogens is 2. The van der Waals surface area contributed by atoms with Gasteiger partial charge in [-0.15, -0.1) is 0 Å². The summed E-state index contributed by atoms with van der Waals surface area (Å²) in [6.45, 7) is 0. The number of alkyl halides is 2. The fourth-order valence-corrected chi connectivity index (χ4v) is 1.47. The number of amides is 2. The van der Waals surface area contributed by atoms with E-state index in [9.17, 15) is 9.59 Å². The van der Waals surface area contributed by atoms with Gasteiger partial charge in [-0.1, -0.05) is 31.9 Å². The number of nitrogens with one attached hydrogen (secondary N) is 1. The van der Waals surface area contributed by atoms with Crippen molar-refractivity contribution in [2.45, 2.75) is 11.2 Å². The Kier molecular flexibility index (Phi) is 3.46. The van der Waals surface area contributed by atoms with Gasteiger partial charge in [-0.2, -0.15) is 0 Å². The fraction of sp³-hybridized carbons (Fsp3) is 0.429. The standard InChI is InChI=1S/C7H7Br2NO2/c8-3-5(9)1-4-2-6(11)10-7(4)12/h2,5H,1,3H2,(H,10,11,12). The molecule has 0 fully saturated rings. The second kappa shape index (κ2) is 4.18. The van der Waals surface area contributed by atoms with Gasteiger partial charge in [-0.05, 0) is 6.42 Å². The van der Waals surface area contributed by atoms with Crippen molar-refractivity contribution in [3.05, 3.63) is 11.6 Å². The Morgan fingerprint density at radius 3 is 2.58 bits per heavy atom. The molecular weight excluding hydrogens is 290 g/mol. The van der Waals surface area contributed by atoms with Gasteiger partial charge in [0.2, 0.25) is 0 Å². The lowest BCUT2D eigenvalue weighted by atomic mass is 10.1. The second-order valence-corrected chi connectivity index (χ2v) is 4.39. The smallest absolute Gasteiger partial charge is 0.254 e. The minimum atomic E-state index is -0.315. The molecule has 0 saturated heterocycles. The monoisotopic (exact) mass is 295 g/mol. The highest BCUT2D eigenvalue weighted by molar-refractivity contribution is 9.12. The van der Waals surface area contributed by atoms with Crippen LogP contribution in [0.15, 0.2) is 11.6 Å². The van der Waals surface area contributed by atoms with Gasteiger partial charge in [0.25, 0.3) is 11.8 Å². The Morgan fingerprint density at radius 2 is 2.17 bits per heavy atom. The zero-order valence-corrected chi connectivity index (χ0v) is 9.31. The zero-order valence-electron chi connectivity index (χ0n) is 6.14. The lowest BCUT2D eigenvalue weighted by molar-refractivity contribution is -0.123. The molecule has 0 aromatic heterocycles. The van der Waals surface area contributed by atoms with E-state index in [-0.39, 0.29) is 16.6 Å². The third kappa shape index (κ3) is 2.42. The molecule has 3 nitrogen and oxygen atoms in total. The maximum absolute atomic E-state index is 11.0. The van der Waals surface area contributed by atoms with Crippen molar-refractivity contribution in [3.63, 3.8) is 0 Å². The van der Waals surface area contributed by atoms with Crippen molar-refractivity contribution >= 4 is 43.7 Å². The summed E-state index contributed by atoms with van der Waals surface area (Å²) in [5, 5.41) is 2.95. The fourth-order valence-electron chi connectivity index (χ4n) is 0.897. The van der Waals surface area contributed by atoms with Crippen LogP contribution in [-0.4, -0.2) is 22.0 Å². The van der Waals surface area contributed by atoms with Crippen molar-refractivity contribution in [3.8, 4) is 0 Å². The molecule has 1 aliphatic heterocycles. The van der Waals surface area contributed by atoms with Crippen LogP contribution in [0, 0.1) is 0 Å². The first-order valence-electron chi connectivity index (χ1n) is 3.39. The molecule has 0 radical (unpaired) electrons. The van der Waals surface area contributed by atoms with Crippen molar-refractivity contribution in [2.24, 2.45) is 0 Å². The van der Waals surface area contributed by atoms with Crippen LogP contribution in [0.5, 0.6) is 0 Å². The van der Waals surface area contributed by atoms with Gasteiger partial charge in [0.15, 0.2) is 0 Å². The molecule has 1 rings (SSSR count). The molecule has 0 saturated carbocycles. The predicted octanol–water partition coefficient (Wildman–Crippen LogP) is 1.12. The van der Waals surface area contributed by atoms with Crippen molar-refractivity contribution < 1.29 is 9.59 Å². The van der Waals surface area contributed by atoms with Gasteiger partial charge in [-0.25, -0.2) is 0 Å². The van der Waals surface area contributed by atoms with E-state index in [1.165, 1.54) is 6.08 Å². The summed E-state index contributed by atoms with van der Waals surface area (Å²) in [6, 6.07) is 0. The first-order chi connectivity index (χ1) is 5.63. The summed E-state index contributed by atoms with van der Waals surface area (Å²) in [4.78, 5) is 21.9. The highest BCUT2D eigenvalue weighted by Gasteiger charge is 2.22. The molecule has 5 heteroatoms. The Hall–Kier alpha value is -0.160. The van der Waals surface area contributed by atoms with Crippen LogP contribution in [0.3, 0.4) is 0 Å². The molecule has 0 spiro atoms. The van der Waals surface area contributed by atoms with E-state index in [0.29, 0.717) is 12.0 Å². The van der Waals surface area contributed by atoms with E-state index in [1.54, 1.807) is 0 Å². The topological polar surface area (TPSA) is 46.2 Å². The summed E-state index contributed by atoms with van der Waals surface area (Å²) >= 11 is 6.62. The Morgan fingerprint density at radius 1 is 1.50 bits per heavy atom. The lowest BCUT2D eigenvalue weighted by Crippen LogP contribution is -2.22. The predicted molar refractivity (Wildman–Crippen MR) is 52.4 cm³/mol. The van der Waals surface area contributed by atoms with Crippen LogP contribution in [0.2, 0.25) is 0 Å². The van der Waals surface area contributed by atoms with Crippen LogP contribution in [0.4, 0.5) is 0 Å².